The molecule has 1 aliphatic rings. The van der Waals surface area contributed by atoms with Gasteiger partial charge in [0.1, 0.15) is 11.6 Å². The second-order valence-electron chi connectivity index (χ2n) is 7.67. The van der Waals surface area contributed by atoms with Crippen molar-refractivity contribution < 1.29 is 18.7 Å². The third-order valence-corrected chi connectivity index (χ3v) is 4.95. The molecule has 28 heavy (non-hydrogen) atoms. The fraction of sp³-hybridized carbons (Fsp3) is 0.391. The van der Waals surface area contributed by atoms with E-state index in [2.05, 4.69) is 13.8 Å². The van der Waals surface area contributed by atoms with E-state index in [1.807, 2.05) is 12.1 Å². The zero-order valence-electron chi connectivity index (χ0n) is 16.4. The van der Waals surface area contributed by atoms with E-state index in [1.165, 1.54) is 24.3 Å². The standard InChI is InChI=1S/C23H26FNO3/c1-16(2)15-28-21-5-3-4-19(14-21)23(27)25-12-10-18(11-13-25)22(26)17-6-8-20(24)9-7-17/h3-9,14,16,18H,10-13,15H2,1-2H3. The number of ether oxygens (including phenoxy) is 1. The first-order chi connectivity index (χ1) is 13.4. The van der Waals surface area contributed by atoms with E-state index in [1.54, 1.807) is 17.0 Å². The third kappa shape index (κ3) is 4.97. The molecule has 1 fully saturated rings. The Balaban J connectivity index is 1.58. The molecule has 0 spiro atoms. The van der Waals surface area contributed by atoms with E-state index >= 15 is 0 Å². The van der Waals surface area contributed by atoms with Crippen molar-refractivity contribution in [3.63, 3.8) is 0 Å². The zero-order valence-corrected chi connectivity index (χ0v) is 16.4. The zero-order chi connectivity index (χ0) is 20.1. The number of hydrogen-bond donors (Lipinski definition) is 0. The monoisotopic (exact) mass is 383 g/mol. The Morgan fingerprint density at radius 1 is 1.07 bits per heavy atom. The van der Waals surface area contributed by atoms with Crippen LogP contribution in [0.4, 0.5) is 4.39 Å². The Labute approximate surface area is 165 Å². The summed E-state index contributed by atoms with van der Waals surface area (Å²) in [7, 11) is 0. The first-order valence-electron chi connectivity index (χ1n) is 9.76. The minimum Gasteiger partial charge on any atom is -0.493 e. The van der Waals surface area contributed by atoms with Gasteiger partial charge in [0.2, 0.25) is 0 Å². The van der Waals surface area contributed by atoms with Crippen molar-refractivity contribution in [1.29, 1.82) is 0 Å². The summed E-state index contributed by atoms with van der Waals surface area (Å²) in [4.78, 5) is 27.2. The Bertz CT molecular complexity index is 824. The van der Waals surface area contributed by atoms with Crippen molar-refractivity contribution in [3.05, 3.63) is 65.5 Å². The molecule has 0 atom stereocenters. The van der Waals surface area contributed by atoms with Crippen LogP contribution in [-0.4, -0.2) is 36.3 Å². The summed E-state index contributed by atoms with van der Waals surface area (Å²) in [6, 6.07) is 12.9. The molecule has 1 heterocycles. The molecule has 1 amide bonds. The van der Waals surface area contributed by atoms with Gasteiger partial charge in [-0.2, -0.15) is 0 Å². The predicted molar refractivity (Wildman–Crippen MR) is 106 cm³/mol. The number of carbonyl (C=O) groups is 2. The molecule has 0 unspecified atom stereocenters. The lowest BCUT2D eigenvalue weighted by atomic mass is 9.88. The van der Waals surface area contributed by atoms with E-state index in [-0.39, 0.29) is 23.4 Å². The van der Waals surface area contributed by atoms with Crippen molar-refractivity contribution in [2.24, 2.45) is 11.8 Å². The van der Waals surface area contributed by atoms with Gasteiger partial charge >= 0.3 is 0 Å². The molecule has 148 valence electrons. The van der Waals surface area contributed by atoms with Gasteiger partial charge in [0, 0.05) is 30.1 Å². The molecule has 1 saturated heterocycles. The molecule has 0 bridgehead atoms. The van der Waals surface area contributed by atoms with Crippen LogP contribution in [0.5, 0.6) is 5.75 Å². The molecule has 5 heteroatoms. The highest BCUT2D eigenvalue weighted by Gasteiger charge is 2.28. The van der Waals surface area contributed by atoms with Crippen molar-refractivity contribution >= 4 is 11.7 Å². The van der Waals surface area contributed by atoms with E-state index in [4.69, 9.17) is 4.74 Å². The van der Waals surface area contributed by atoms with Gasteiger partial charge in [-0.1, -0.05) is 19.9 Å². The van der Waals surface area contributed by atoms with Gasteiger partial charge in [-0.3, -0.25) is 9.59 Å². The fourth-order valence-corrected chi connectivity index (χ4v) is 3.36. The largest absolute Gasteiger partial charge is 0.493 e. The third-order valence-electron chi connectivity index (χ3n) is 4.95. The molecule has 2 aromatic rings. The molecule has 0 N–H and O–H groups in total. The van der Waals surface area contributed by atoms with Crippen LogP contribution in [0, 0.1) is 17.7 Å². The number of amides is 1. The second kappa shape index (κ2) is 9.00. The van der Waals surface area contributed by atoms with E-state index < -0.39 is 0 Å². The van der Waals surface area contributed by atoms with Gasteiger partial charge in [-0.25, -0.2) is 4.39 Å². The summed E-state index contributed by atoms with van der Waals surface area (Å²) in [5.74, 6) is 0.614. The van der Waals surface area contributed by atoms with Crippen LogP contribution in [0.25, 0.3) is 0 Å². The summed E-state index contributed by atoms with van der Waals surface area (Å²) in [5.41, 5.74) is 1.13. The number of halogens is 1. The first kappa shape index (κ1) is 20.1. The highest BCUT2D eigenvalue weighted by atomic mass is 19.1. The highest BCUT2D eigenvalue weighted by Crippen LogP contribution is 2.24. The van der Waals surface area contributed by atoms with E-state index in [0.717, 1.165) is 0 Å². The summed E-state index contributed by atoms with van der Waals surface area (Å²) in [5, 5.41) is 0. The van der Waals surface area contributed by atoms with Gasteiger partial charge in [-0.15, -0.1) is 0 Å². The number of hydrogen-bond acceptors (Lipinski definition) is 3. The maximum absolute atomic E-state index is 13.0. The number of Topliss-reactive ketones (excluding diaryl/α,β-unsaturated/α-hetero) is 1. The normalized spacial score (nSPS) is 14.9. The maximum atomic E-state index is 13.0. The highest BCUT2D eigenvalue weighted by molar-refractivity contribution is 5.98. The molecule has 0 saturated carbocycles. The van der Waals surface area contributed by atoms with Gasteiger partial charge in [0.25, 0.3) is 5.91 Å². The van der Waals surface area contributed by atoms with Crippen molar-refractivity contribution in [2.45, 2.75) is 26.7 Å². The average molecular weight is 383 g/mol. The number of piperidine rings is 1. The SMILES string of the molecule is CC(C)COc1cccc(C(=O)N2CCC(C(=O)c3ccc(F)cc3)CC2)c1. The predicted octanol–water partition coefficient (Wildman–Crippen LogP) is 4.60. The molecular formula is C23H26FNO3. The maximum Gasteiger partial charge on any atom is 0.253 e. The number of carbonyl (C=O) groups excluding carboxylic acids is 2. The number of benzene rings is 2. The van der Waals surface area contributed by atoms with Crippen LogP contribution < -0.4 is 4.74 Å². The van der Waals surface area contributed by atoms with Crippen LogP contribution in [0.1, 0.15) is 47.4 Å². The number of ketones is 1. The Hall–Kier alpha value is -2.69. The fourth-order valence-electron chi connectivity index (χ4n) is 3.36. The summed E-state index contributed by atoms with van der Waals surface area (Å²) in [6.45, 7) is 5.83. The smallest absolute Gasteiger partial charge is 0.253 e. The molecule has 4 nitrogen and oxygen atoms in total. The van der Waals surface area contributed by atoms with Crippen molar-refractivity contribution in [1.82, 2.24) is 4.90 Å². The van der Waals surface area contributed by atoms with Crippen LogP contribution in [0.3, 0.4) is 0 Å². The summed E-state index contributed by atoms with van der Waals surface area (Å²) >= 11 is 0. The molecule has 3 rings (SSSR count). The molecule has 0 radical (unpaired) electrons. The number of nitrogens with zero attached hydrogens (tertiary/aromatic N) is 1. The molecule has 0 aromatic heterocycles. The van der Waals surface area contributed by atoms with Crippen molar-refractivity contribution in [2.75, 3.05) is 19.7 Å². The lowest BCUT2D eigenvalue weighted by Gasteiger charge is -2.31. The summed E-state index contributed by atoms with van der Waals surface area (Å²) in [6.07, 6.45) is 1.23. The topological polar surface area (TPSA) is 46.6 Å². The van der Waals surface area contributed by atoms with Crippen LogP contribution in [-0.2, 0) is 0 Å². The minimum atomic E-state index is -0.350. The molecule has 2 aromatic carbocycles. The molecule has 1 aliphatic heterocycles. The van der Waals surface area contributed by atoms with Crippen LogP contribution >= 0.6 is 0 Å². The lowest BCUT2D eigenvalue weighted by Crippen LogP contribution is -2.40. The van der Waals surface area contributed by atoms with Crippen molar-refractivity contribution in [3.8, 4) is 5.75 Å². The van der Waals surface area contributed by atoms with Gasteiger partial charge < -0.3 is 9.64 Å². The lowest BCUT2D eigenvalue weighted by molar-refractivity contribution is 0.0650. The molecular weight excluding hydrogens is 357 g/mol. The van der Waals surface area contributed by atoms with Crippen LogP contribution in [0.2, 0.25) is 0 Å². The van der Waals surface area contributed by atoms with Gasteiger partial charge in [0.05, 0.1) is 6.61 Å². The van der Waals surface area contributed by atoms with Gasteiger partial charge in [-0.05, 0) is 61.2 Å². The number of likely N-dealkylation sites (tertiary alicyclic amines) is 1. The van der Waals surface area contributed by atoms with Crippen LogP contribution in [0.15, 0.2) is 48.5 Å². The van der Waals surface area contributed by atoms with Gasteiger partial charge in [0.15, 0.2) is 5.78 Å². The minimum absolute atomic E-state index is 0.0242. The Morgan fingerprint density at radius 3 is 2.39 bits per heavy atom. The first-order valence-corrected chi connectivity index (χ1v) is 9.76. The average Bonchev–Trinajstić information content (AvgIpc) is 2.72. The Kier molecular flexibility index (Phi) is 6.45. The Morgan fingerprint density at radius 2 is 1.75 bits per heavy atom. The quantitative estimate of drug-likeness (QED) is 0.685. The number of rotatable bonds is 6. The molecule has 0 aliphatic carbocycles. The van der Waals surface area contributed by atoms with E-state index in [0.29, 0.717) is 55.3 Å². The summed E-state index contributed by atoms with van der Waals surface area (Å²) < 4.78 is 18.8. The van der Waals surface area contributed by atoms with E-state index in [9.17, 15) is 14.0 Å². The second-order valence-corrected chi connectivity index (χ2v) is 7.67.